The van der Waals surface area contributed by atoms with Crippen molar-refractivity contribution >= 4 is 17.8 Å². The van der Waals surface area contributed by atoms with E-state index in [1.165, 1.54) is 6.92 Å². The molecule has 1 aliphatic rings. The highest BCUT2D eigenvalue weighted by Gasteiger charge is 2.32. The fourth-order valence-corrected chi connectivity index (χ4v) is 3.03. The average molecular weight is 348 g/mol. The lowest BCUT2D eigenvalue weighted by atomic mass is 10.0. The third-order valence-electron chi connectivity index (χ3n) is 4.24. The summed E-state index contributed by atoms with van der Waals surface area (Å²) in [4.78, 5) is 36.8. The van der Waals surface area contributed by atoms with Gasteiger partial charge in [-0.1, -0.05) is 18.2 Å². The Morgan fingerprint density at radius 1 is 1.36 bits per heavy atom. The molecule has 2 amide bonds. The Morgan fingerprint density at radius 2 is 2.08 bits per heavy atom. The summed E-state index contributed by atoms with van der Waals surface area (Å²) >= 11 is 0. The van der Waals surface area contributed by atoms with Gasteiger partial charge in [0.05, 0.1) is 25.0 Å². The summed E-state index contributed by atoms with van der Waals surface area (Å²) in [5.41, 5.74) is 0.738. The van der Waals surface area contributed by atoms with Crippen LogP contribution in [0.2, 0.25) is 0 Å². The molecule has 2 N–H and O–H groups in total. The number of carboxylic acid groups (broad SMARTS) is 1. The lowest BCUT2D eigenvalue weighted by Gasteiger charge is -2.23. The van der Waals surface area contributed by atoms with Crippen molar-refractivity contribution in [2.24, 2.45) is 5.92 Å². The predicted molar refractivity (Wildman–Crippen MR) is 91.1 cm³/mol. The van der Waals surface area contributed by atoms with Gasteiger partial charge >= 0.3 is 5.97 Å². The van der Waals surface area contributed by atoms with E-state index >= 15 is 0 Å². The van der Waals surface area contributed by atoms with Crippen LogP contribution in [0.4, 0.5) is 0 Å². The van der Waals surface area contributed by atoms with Crippen LogP contribution in [0.25, 0.3) is 0 Å². The number of nitrogens with one attached hydrogen (secondary N) is 1. The van der Waals surface area contributed by atoms with Gasteiger partial charge in [0.2, 0.25) is 11.8 Å². The molecule has 1 fully saturated rings. The van der Waals surface area contributed by atoms with Gasteiger partial charge in [-0.3, -0.25) is 14.4 Å². The number of nitrogens with zero attached hydrogens (tertiary/aromatic N) is 1. The fourth-order valence-electron chi connectivity index (χ4n) is 3.03. The van der Waals surface area contributed by atoms with Gasteiger partial charge in [0.15, 0.2) is 0 Å². The number of amides is 2. The molecule has 7 heteroatoms. The zero-order chi connectivity index (χ0) is 18.4. The van der Waals surface area contributed by atoms with Gasteiger partial charge < -0.3 is 20.1 Å². The molecule has 7 nitrogen and oxygen atoms in total. The summed E-state index contributed by atoms with van der Waals surface area (Å²) in [6.07, 6.45) is 0.525. The highest BCUT2D eigenvalue weighted by atomic mass is 16.5. The second-order valence-corrected chi connectivity index (χ2v) is 6.09. The summed E-state index contributed by atoms with van der Waals surface area (Å²) in [7, 11) is 0. The number of aliphatic carboxylic acids is 1. The smallest absolute Gasteiger partial charge is 0.308 e. The summed E-state index contributed by atoms with van der Waals surface area (Å²) < 4.78 is 5.60. The maximum absolute atomic E-state index is 12.6. The Bertz CT molecular complexity index is 646. The lowest BCUT2D eigenvalue weighted by Crippen LogP contribution is -2.35. The largest absolute Gasteiger partial charge is 0.494 e. The molecule has 1 saturated heterocycles. The van der Waals surface area contributed by atoms with Crippen LogP contribution in [0.3, 0.4) is 0 Å². The Labute approximate surface area is 147 Å². The number of carbonyl (C=O) groups excluding carboxylic acids is 2. The van der Waals surface area contributed by atoms with Crippen LogP contribution in [0.1, 0.15) is 38.3 Å². The molecule has 1 heterocycles. The van der Waals surface area contributed by atoms with E-state index in [1.807, 2.05) is 25.1 Å². The first-order valence-electron chi connectivity index (χ1n) is 8.41. The van der Waals surface area contributed by atoms with Crippen LogP contribution in [0.5, 0.6) is 5.75 Å². The molecule has 2 unspecified atom stereocenters. The number of hydrogen-bond donors (Lipinski definition) is 2. The maximum atomic E-state index is 12.6. The first-order valence-corrected chi connectivity index (χ1v) is 8.41. The molecule has 1 aliphatic heterocycles. The van der Waals surface area contributed by atoms with Gasteiger partial charge in [0.1, 0.15) is 5.75 Å². The van der Waals surface area contributed by atoms with Gasteiger partial charge in [-0.05, 0) is 19.4 Å². The molecule has 136 valence electrons. The number of carboxylic acids is 1. The van der Waals surface area contributed by atoms with Gasteiger partial charge in [-0.25, -0.2) is 0 Å². The molecule has 0 spiro atoms. The Balaban J connectivity index is 2.14. The fraction of sp³-hybridized carbons (Fsp3) is 0.500. The van der Waals surface area contributed by atoms with Crippen LogP contribution in [0.15, 0.2) is 24.3 Å². The van der Waals surface area contributed by atoms with Crippen molar-refractivity contribution in [2.45, 2.75) is 32.7 Å². The van der Waals surface area contributed by atoms with E-state index in [0.29, 0.717) is 25.3 Å². The Morgan fingerprint density at radius 3 is 2.68 bits per heavy atom. The SMILES string of the molecule is CCOc1ccccc1C(CC(=O)N1CCC(C(=O)O)C1)NC(C)=O. The van der Waals surface area contributed by atoms with Crippen molar-refractivity contribution in [3.05, 3.63) is 29.8 Å². The number of rotatable bonds is 7. The predicted octanol–water partition coefficient (Wildman–Crippen LogP) is 1.59. The molecule has 0 aromatic heterocycles. The third-order valence-corrected chi connectivity index (χ3v) is 4.24. The van der Waals surface area contributed by atoms with E-state index in [1.54, 1.807) is 11.0 Å². The monoisotopic (exact) mass is 348 g/mol. The number of hydrogen-bond acceptors (Lipinski definition) is 4. The van der Waals surface area contributed by atoms with Crippen LogP contribution >= 0.6 is 0 Å². The van der Waals surface area contributed by atoms with Crippen molar-refractivity contribution in [2.75, 3.05) is 19.7 Å². The molecule has 25 heavy (non-hydrogen) atoms. The second-order valence-electron chi connectivity index (χ2n) is 6.09. The summed E-state index contributed by atoms with van der Waals surface area (Å²) in [5.74, 6) is -1.18. The van der Waals surface area contributed by atoms with E-state index < -0.39 is 17.9 Å². The van der Waals surface area contributed by atoms with E-state index in [-0.39, 0.29) is 24.8 Å². The summed E-state index contributed by atoms with van der Waals surface area (Å²) in [6.45, 7) is 4.39. The van der Waals surface area contributed by atoms with Crippen molar-refractivity contribution in [3.63, 3.8) is 0 Å². The number of para-hydroxylation sites is 1. The van der Waals surface area contributed by atoms with Crippen molar-refractivity contribution in [1.29, 1.82) is 0 Å². The van der Waals surface area contributed by atoms with E-state index in [9.17, 15) is 14.4 Å². The highest BCUT2D eigenvalue weighted by molar-refractivity contribution is 5.81. The quantitative estimate of drug-likeness (QED) is 0.780. The summed E-state index contributed by atoms with van der Waals surface area (Å²) in [5, 5.41) is 11.9. The lowest BCUT2D eigenvalue weighted by molar-refractivity contribution is -0.141. The molecule has 1 aromatic rings. The first-order chi connectivity index (χ1) is 11.9. The number of benzene rings is 1. The Hall–Kier alpha value is -2.57. The molecule has 0 radical (unpaired) electrons. The minimum Gasteiger partial charge on any atom is -0.494 e. The van der Waals surface area contributed by atoms with Crippen LogP contribution < -0.4 is 10.1 Å². The van der Waals surface area contributed by atoms with Crippen molar-refractivity contribution in [1.82, 2.24) is 10.2 Å². The standard InChI is InChI=1S/C18H24N2O5/c1-3-25-16-7-5-4-6-14(16)15(19-12(2)21)10-17(22)20-9-8-13(11-20)18(23)24/h4-7,13,15H,3,8-11H2,1-2H3,(H,19,21)(H,23,24). The highest BCUT2D eigenvalue weighted by Crippen LogP contribution is 2.29. The normalized spacial score (nSPS) is 17.8. The van der Waals surface area contributed by atoms with E-state index in [0.717, 1.165) is 5.56 Å². The topological polar surface area (TPSA) is 95.9 Å². The molecule has 0 aliphatic carbocycles. The molecule has 1 aromatic carbocycles. The second kappa shape index (κ2) is 8.50. The molecule has 0 bridgehead atoms. The minimum absolute atomic E-state index is 0.0655. The number of carbonyl (C=O) groups is 3. The third kappa shape index (κ3) is 4.95. The Kier molecular flexibility index (Phi) is 6.38. The molecular formula is C18H24N2O5. The van der Waals surface area contributed by atoms with Crippen LogP contribution in [0, 0.1) is 5.92 Å². The summed E-state index contributed by atoms with van der Waals surface area (Å²) in [6, 6.07) is 6.76. The van der Waals surface area contributed by atoms with E-state index in [4.69, 9.17) is 9.84 Å². The van der Waals surface area contributed by atoms with Gasteiger partial charge in [0, 0.05) is 25.6 Å². The average Bonchev–Trinajstić information content (AvgIpc) is 3.05. The van der Waals surface area contributed by atoms with Crippen LogP contribution in [-0.4, -0.2) is 47.5 Å². The molecule has 2 rings (SSSR count). The number of likely N-dealkylation sites (tertiary alicyclic amines) is 1. The van der Waals surface area contributed by atoms with E-state index in [2.05, 4.69) is 5.32 Å². The van der Waals surface area contributed by atoms with Gasteiger partial charge in [-0.15, -0.1) is 0 Å². The maximum Gasteiger partial charge on any atom is 0.308 e. The molecule has 2 atom stereocenters. The van der Waals surface area contributed by atoms with Crippen LogP contribution in [-0.2, 0) is 14.4 Å². The molecular weight excluding hydrogens is 324 g/mol. The van der Waals surface area contributed by atoms with Crippen molar-refractivity contribution < 1.29 is 24.2 Å². The molecule has 0 saturated carbocycles. The van der Waals surface area contributed by atoms with Gasteiger partial charge in [-0.2, -0.15) is 0 Å². The minimum atomic E-state index is -0.879. The number of ether oxygens (including phenoxy) is 1. The van der Waals surface area contributed by atoms with Gasteiger partial charge in [0.25, 0.3) is 0 Å². The van der Waals surface area contributed by atoms with Crippen molar-refractivity contribution in [3.8, 4) is 5.75 Å². The zero-order valence-electron chi connectivity index (χ0n) is 14.5. The first kappa shape index (κ1) is 18.8. The zero-order valence-corrected chi connectivity index (χ0v) is 14.5.